The number of nitrogens with zero attached hydrogens (tertiary/aromatic N) is 2. The minimum Gasteiger partial charge on any atom is -0.328 e. The molecule has 0 atom stereocenters. The number of carbonyl (C=O) groups is 3. The lowest BCUT2D eigenvalue weighted by molar-refractivity contribution is -0.115. The summed E-state index contributed by atoms with van der Waals surface area (Å²) in [5.74, 6) is -1.09. The molecule has 0 aliphatic heterocycles. The van der Waals surface area contributed by atoms with E-state index in [2.05, 4.69) is 37.8 Å². The van der Waals surface area contributed by atoms with Crippen LogP contribution in [0.4, 0.5) is 30.5 Å². The summed E-state index contributed by atoms with van der Waals surface area (Å²) in [6, 6.07) is 4.72. The van der Waals surface area contributed by atoms with Crippen LogP contribution in [0.2, 0.25) is 0 Å². The molecule has 2 aliphatic rings. The van der Waals surface area contributed by atoms with Crippen LogP contribution in [0.1, 0.15) is 42.6 Å². The zero-order valence-corrected chi connectivity index (χ0v) is 25.0. The average Bonchev–Trinajstić information content (AvgIpc) is 3.41. The molecule has 4 N–H and O–H groups in total. The molecule has 0 spiro atoms. The third kappa shape index (κ3) is 10.0. The maximum absolute atomic E-state index is 13.0. The molecule has 0 saturated heterocycles. The summed E-state index contributed by atoms with van der Waals surface area (Å²) < 4.78 is 39.0. The number of allylic oxidation sites excluding steroid dienone is 8. The summed E-state index contributed by atoms with van der Waals surface area (Å²) in [6.07, 6.45) is 11.4. The smallest absolute Gasteiger partial charge is 0.328 e. The largest absolute Gasteiger partial charge is 0.412 e. The van der Waals surface area contributed by atoms with Crippen molar-refractivity contribution in [1.29, 1.82) is 0 Å². The minimum atomic E-state index is -4.48. The van der Waals surface area contributed by atoms with Crippen molar-refractivity contribution in [2.24, 2.45) is 0 Å². The third-order valence-corrected chi connectivity index (χ3v) is 6.23. The molecule has 3 amide bonds. The topological polar surface area (TPSA) is 125 Å². The van der Waals surface area contributed by atoms with Gasteiger partial charge in [-0.25, -0.2) is 9.97 Å². The number of aromatic nitrogens is 2. The van der Waals surface area contributed by atoms with E-state index in [1.807, 2.05) is 26.0 Å². The van der Waals surface area contributed by atoms with Crippen LogP contribution in [0.15, 0.2) is 114 Å². The highest BCUT2D eigenvalue weighted by molar-refractivity contribution is 6.08. The van der Waals surface area contributed by atoms with Gasteiger partial charge < -0.3 is 21.3 Å². The van der Waals surface area contributed by atoms with Gasteiger partial charge in [-0.15, -0.1) is 0 Å². The van der Waals surface area contributed by atoms with Crippen LogP contribution in [0, 0.1) is 6.92 Å². The van der Waals surface area contributed by atoms with Gasteiger partial charge in [-0.2, -0.15) is 13.2 Å². The first-order valence-corrected chi connectivity index (χ1v) is 14.0. The van der Waals surface area contributed by atoms with Crippen molar-refractivity contribution < 1.29 is 27.6 Å². The van der Waals surface area contributed by atoms with Gasteiger partial charge in [0, 0.05) is 40.2 Å². The lowest BCUT2D eigenvalue weighted by atomic mass is 10.1. The quantitative estimate of drug-likeness (QED) is 0.241. The Bertz CT molecular complexity index is 1630. The second-order valence-corrected chi connectivity index (χ2v) is 9.38. The van der Waals surface area contributed by atoms with Crippen molar-refractivity contribution in [3.05, 3.63) is 126 Å². The normalized spacial score (nSPS) is 14.1. The molecule has 2 aliphatic carbocycles. The molecule has 0 bridgehead atoms. The number of benzene rings is 1. The average molecular weight is 619 g/mol. The molecule has 0 saturated carbocycles. The number of hydrogen-bond donors (Lipinski definition) is 4. The Hall–Kier alpha value is -5.52. The predicted octanol–water partition coefficient (Wildman–Crippen LogP) is 6.82. The fourth-order valence-electron chi connectivity index (χ4n) is 3.95. The number of hydrogen-bond acceptors (Lipinski definition) is 6. The highest BCUT2D eigenvalue weighted by Gasteiger charge is 2.32. The number of rotatable bonds is 8. The second-order valence-electron chi connectivity index (χ2n) is 9.38. The summed E-state index contributed by atoms with van der Waals surface area (Å²) in [6.45, 7) is 9.15. The van der Waals surface area contributed by atoms with E-state index in [0.29, 0.717) is 35.0 Å². The van der Waals surface area contributed by atoms with Gasteiger partial charge in [-0.05, 0) is 55.3 Å². The first kappa shape index (κ1) is 34.0. The lowest BCUT2D eigenvalue weighted by Gasteiger charge is -2.12. The van der Waals surface area contributed by atoms with Crippen molar-refractivity contribution in [2.75, 3.05) is 16.0 Å². The molecule has 1 aromatic carbocycles. The summed E-state index contributed by atoms with van der Waals surface area (Å²) in [4.78, 5) is 45.7. The Balaban J connectivity index is 0.00000271. The molecule has 0 unspecified atom stereocenters. The first-order chi connectivity index (χ1) is 21.5. The van der Waals surface area contributed by atoms with E-state index in [-0.39, 0.29) is 17.0 Å². The second kappa shape index (κ2) is 15.8. The van der Waals surface area contributed by atoms with Gasteiger partial charge in [0.15, 0.2) is 0 Å². The van der Waals surface area contributed by atoms with Crippen LogP contribution < -0.4 is 21.3 Å². The predicted molar refractivity (Wildman–Crippen MR) is 169 cm³/mol. The van der Waals surface area contributed by atoms with Gasteiger partial charge in [0.05, 0.1) is 18.1 Å². The maximum Gasteiger partial charge on any atom is 0.412 e. The summed E-state index contributed by atoms with van der Waals surface area (Å²) in [7, 11) is 0. The maximum atomic E-state index is 13.0. The fourth-order valence-corrected chi connectivity index (χ4v) is 3.95. The van der Waals surface area contributed by atoms with E-state index in [1.165, 1.54) is 42.8 Å². The van der Waals surface area contributed by atoms with Crippen LogP contribution >= 0.6 is 0 Å². The number of nitrogens with one attached hydrogen (secondary N) is 4. The highest BCUT2D eigenvalue weighted by atomic mass is 19.4. The van der Waals surface area contributed by atoms with E-state index in [0.717, 1.165) is 11.8 Å². The fraction of sp³-hybridized carbons (Fsp3) is 0.182. The van der Waals surface area contributed by atoms with E-state index in [4.69, 9.17) is 0 Å². The van der Waals surface area contributed by atoms with Crippen LogP contribution in [0.5, 0.6) is 0 Å². The molecular formula is C33H33F3N6O3. The molecule has 0 fully saturated rings. The number of amides is 3. The van der Waals surface area contributed by atoms with E-state index in [9.17, 15) is 27.6 Å². The molecular weight excluding hydrogens is 585 g/mol. The van der Waals surface area contributed by atoms with Crippen molar-refractivity contribution in [1.82, 2.24) is 15.3 Å². The van der Waals surface area contributed by atoms with Gasteiger partial charge in [-0.1, -0.05) is 56.9 Å². The highest BCUT2D eigenvalue weighted by Crippen LogP contribution is 2.30. The first-order valence-electron chi connectivity index (χ1n) is 14.0. The van der Waals surface area contributed by atoms with Crippen molar-refractivity contribution in [2.45, 2.75) is 39.8 Å². The summed E-state index contributed by atoms with van der Waals surface area (Å²) in [5.41, 5.74) is 2.25. The van der Waals surface area contributed by atoms with Gasteiger partial charge >= 0.3 is 6.18 Å². The Morgan fingerprint density at radius 2 is 1.58 bits per heavy atom. The van der Waals surface area contributed by atoms with E-state index in [1.54, 1.807) is 31.2 Å². The Morgan fingerprint density at radius 1 is 0.889 bits per heavy atom. The Morgan fingerprint density at radius 3 is 2.27 bits per heavy atom. The molecule has 4 rings (SSSR count). The molecule has 1 aromatic heterocycles. The minimum absolute atomic E-state index is 0.0690. The van der Waals surface area contributed by atoms with Crippen molar-refractivity contribution >= 4 is 35.0 Å². The standard InChI is InChI=1S/C31H27F3N6O3.C2H6/c1-3-27(41)37-22-8-5-9-23(15-14-22)40-30-35-17-25(18-36-30)39-29(43)26-16-24(13-10-19(26)2)38-28(42)20-6-4-7-21(12-11-20)31(32,33)34;1-2/h3-11,13-14,16-18H,1,12,15H2,2H3,(H,37,41)(H,38,42)(H,39,43)(H,35,36,40);1-2H3. The molecule has 0 radical (unpaired) electrons. The third-order valence-electron chi connectivity index (χ3n) is 6.23. The van der Waals surface area contributed by atoms with Crippen LogP contribution in [-0.2, 0) is 9.59 Å². The number of halogens is 3. The zero-order chi connectivity index (χ0) is 33.0. The van der Waals surface area contributed by atoms with Gasteiger partial charge in [0.25, 0.3) is 11.8 Å². The van der Waals surface area contributed by atoms with Crippen LogP contribution in [0.25, 0.3) is 0 Å². The molecule has 45 heavy (non-hydrogen) atoms. The number of alkyl halides is 3. The molecule has 234 valence electrons. The van der Waals surface area contributed by atoms with Crippen LogP contribution in [-0.4, -0.2) is 33.9 Å². The molecule has 9 nitrogen and oxygen atoms in total. The van der Waals surface area contributed by atoms with Gasteiger partial charge in [0.2, 0.25) is 11.9 Å². The SMILES string of the molecule is C=CC(=O)NC1=CCC(Nc2ncc(NC(=O)c3cc(NC(=O)C4=CCC(C(F)(F)F)=CC=C4)ccc3C)cn2)=CC=C1.CC. The number of carbonyl (C=O) groups excluding carboxylic acids is 3. The van der Waals surface area contributed by atoms with E-state index >= 15 is 0 Å². The monoisotopic (exact) mass is 618 g/mol. The molecule has 1 heterocycles. The summed E-state index contributed by atoms with van der Waals surface area (Å²) >= 11 is 0. The van der Waals surface area contributed by atoms with Crippen molar-refractivity contribution in [3.63, 3.8) is 0 Å². The number of aryl methyl sites for hydroxylation is 1. The van der Waals surface area contributed by atoms with E-state index < -0.39 is 30.0 Å². The van der Waals surface area contributed by atoms with Gasteiger partial charge in [-0.3, -0.25) is 14.4 Å². The Kier molecular flexibility index (Phi) is 11.9. The van der Waals surface area contributed by atoms with Crippen LogP contribution in [0.3, 0.4) is 0 Å². The summed E-state index contributed by atoms with van der Waals surface area (Å²) in [5, 5.41) is 11.1. The lowest BCUT2D eigenvalue weighted by Crippen LogP contribution is -2.18. The zero-order valence-electron chi connectivity index (χ0n) is 25.0. The van der Waals surface area contributed by atoms with Gasteiger partial charge in [0.1, 0.15) is 0 Å². The van der Waals surface area contributed by atoms with Crippen molar-refractivity contribution in [3.8, 4) is 0 Å². The number of anilines is 3. The Labute approximate surface area is 259 Å². The molecule has 12 heteroatoms. The molecule has 2 aromatic rings.